The Balaban J connectivity index is 1.89. The van der Waals surface area contributed by atoms with Crippen LogP contribution in [0.5, 0.6) is 0 Å². The van der Waals surface area contributed by atoms with Crippen LogP contribution in [0.15, 0.2) is 12.1 Å². The van der Waals surface area contributed by atoms with E-state index in [1.54, 1.807) is 11.3 Å². The van der Waals surface area contributed by atoms with Gasteiger partial charge in [0, 0.05) is 18.0 Å². The maximum Gasteiger partial charge on any atom is 0.228 e. The maximum absolute atomic E-state index is 5.89. The summed E-state index contributed by atoms with van der Waals surface area (Å²) >= 11 is 13.3. The molecule has 2 rings (SSSR count). The quantitative estimate of drug-likeness (QED) is 0.809. The Kier molecular flexibility index (Phi) is 5.82. The van der Waals surface area contributed by atoms with Crippen molar-refractivity contribution in [2.75, 3.05) is 23.7 Å². The third-order valence-corrected chi connectivity index (χ3v) is 3.88. The third kappa shape index (κ3) is 4.77. The van der Waals surface area contributed by atoms with E-state index in [9.17, 15) is 0 Å². The summed E-state index contributed by atoms with van der Waals surface area (Å²) in [6, 6.07) is 3.91. The summed E-state index contributed by atoms with van der Waals surface area (Å²) in [5.74, 6) is 0.972. The van der Waals surface area contributed by atoms with E-state index >= 15 is 0 Å². The first-order valence-corrected chi connectivity index (χ1v) is 7.88. The molecule has 5 nitrogen and oxygen atoms in total. The summed E-state index contributed by atoms with van der Waals surface area (Å²) < 4.78 is 0.800. The summed E-state index contributed by atoms with van der Waals surface area (Å²) in [7, 11) is 0. The first kappa shape index (κ1) is 15.3. The summed E-state index contributed by atoms with van der Waals surface area (Å²) in [5.41, 5.74) is 0. The number of thiophene rings is 1. The van der Waals surface area contributed by atoms with Gasteiger partial charge in [0.1, 0.15) is 0 Å². The second kappa shape index (κ2) is 7.61. The molecule has 0 aromatic carbocycles. The molecule has 0 aliphatic rings. The van der Waals surface area contributed by atoms with E-state index in [1.807, 2.05) is 12.1 Å². The summed E-state index contributed by atoms with van der Waals surface area (Å²) in [5, 5.41) is 6.40. The van der Waals surface area contributed by atoms with Crippen LogP contribution in [-0.2, 0) is 6.42 Å². The SMILES string of the molecule is CCCNc1nc(Cl)nc(NCCc2ccc(Cl)s2)n1. The normalized spacial score (nSPS) is 10.6. The molecule has 0 saturated carbocycles. The zero-order chi connectivity index (χ0) is 14.4. The number of hydrogen-bond donors (Lipinski definition) is 2. The number of hydrogen-bond acceptors (Lipinski definition) is 6. The van der Waals surface area contributed by atoms with E-state index in [1.165, 1.54) is 4.88 Å². The van der Waals surface area contributed by atoms with Gasteiger partial charge in [0.25, 0.3) is 0 Å². The highest BCUT2D eigenvalue weighted by Gasteiger charge is 2.04. The van der Waals surface area contributed by atoms with Crippen LogP contribution in [0, 0.1) is 0 Å². The standard InChI is InChI=1S/C12H15Cl2N5S/c1-2-6-15-11-17-10(14)18-12(19-11)16-7-5-8-3-4-9(13)20-8/h3-4H,2,5-7H2,1H3,(H2,15,16,17,18,19). The minimum atomic E-state index is 0.181. The molecule has 0 spiro atoms. The number of aromatic nitrogens is 3. The molecule has 8 heteroatoms. The van der Waals surface area contributed by atoms with Gasteiger partial charge in [-0.15, -0.1) is 11.3 Å². The number of nitrogens with zero attached hydrogens (tertiary/aromatic N) is 3. The van der Waals surface area contributed by atoms with Gasteiger partial charge < -0.3 is 10.6 Å². The molecular formula is C12H15Cl2N5S. The van der Waals surface area contributed by atoms with Crippen molar-refractivity contribution in [3.63, 3.8) is 0 Å². The minimum Gasteiger partial charge on any atom is -0.354 e. The Morgan fingerprint density at radius 1 is 1.05 bits per heavy atom. The van der Waals surface area contributed by atoms with Crippen LogP contribution < -0.4 is 10.6 Å². The van der Waals surface area contributed by atoms with Crippen LogP contribution in [0.25, 0.3) is 0 Å². The van der Waals surface area contributed by atoms with Crippen molar-refractivity contribution in [2.45, 2.75) is 19.8 Å². The molecule has 0 fully saturated rings. The van der Waals surface area contributed by atoms with Gasteiger partial charge in [-0.2, -0.15) is 15.0 Å². The van der Waals surface area contributed by atoms with E-state index in [4.69, 9.17) is 23.2 Å². The highest BCUT2D eigenvalue weighted by atomic mass is 35.5. The third-order valence-electron chi connectivity index (χ3n) is 2.42. The van der Waals surface area contributed by atoms with Crippen molar-refractivity contribution < 1.29 is 0 Å². The van der Waals surface area contributed by atoms with Crippen molar-refractivity contribution >= 4 is 46.4 Å². The van der Waals surface area contributed by atoms with Crippen molar-refractivity contribution in [1.29, 1.82) is 0 Å². The topological polar surface area (TPSA) is 62.7 Å². The van der Waals surface area contributed by atoms with Gasteiger partial charge in [0.05, 0.1) is 4.34 Å². The lowest BCUT2D eigenvalue weighted by molar-refractivity contribution is 0.928. The van der Waals surface area contributed by atoms with Crippen molar-refractivity contribution in [2.24, 2.45) is 0 Å². The summed E-state index contributed by atoms with van der Waals surface area (Å²) in [6.07, 6.45) is 1.85. The molecule has 0 atom stereocenters. The maximum atomic E-state index is 5.89. The molecule has 108 valence electrons. The average molecular weight is 332 g/mol. The van der Waals surface area contributed by atoms with Gasteiger partial charge in [-0.3, -0.25) is 0 Å². The largest absolute Gasteiger partial charge is 0.354 e. The molecule has 20 heavy (non-hydrogen) atoms. The lowest BCUT2D eigenvalue weighted by Crippen LogP contribution is -2.11. The molecular weight excluding hydrogens is 317 g/mol. The fraction of sp³-hybridized carbons (Fsp3) is 0.417. The van der Waals surface area contributed by atoms with Gasteiger partial charge >= 0.3 is 0 Å². The fourth-order valence-corrected chi connectivity index (χ4v) is 2.78. The van der Waals surface area contributed by atoms with Crippen LogP contribution in [0.4, 0.5) is 11.9 Å². The van der Waals surface area contributed by atoms with Gasteiger partial charge in [0.2, 0.25) is 17.2 Å². The molecule has 2 N–H and O–H groups in total. The van der Waals surface area contributed by atoms with Gasteiger partial charge in [0.15, 0.2) is 0 Å². The number of halogens is 2. The molecule has 2 heterocycles. The van der Waals surface area contributed by atoms with Crippen molar-refractivity contribution in [3.8, 4) is 0 Å². The zero-order valence-corrected chi connectivity index (χ0v) is 13.3. The predicted molar refractivity (Wildman–Crippen MR) is 85.1 cm³/mol. The van der Waals surface area contributed by atoms with E-state index in [-0.39, 0.29) is 5.28 Å². The van der Waals surface area contributed by atoms with Crippen LogP contribution >= 0.6 is 34.5 Å². The van der Waals surface area contributed by atoms with Crippen molar-refractivity contribution in [3.05, 3.63) is 26.6 Å². The van der Waals surface area contributed by atoms with Crippen LogP contribution in [0.2, 0.25) is 9.62 Å². The van der Waals surface area contributed by atoms with Gasteiger partial charge in [-0.25, -0.2) is 0 Å². The van der Waals surface area contributed by atoms with E-state index in [0.717, 1.165) is 23.7 Å². The number of anilines is 2. The molecule has 2 aromatic rings. The molecule has 0 bridgehead atoms. The molecule has 0 aliphatic heterocycles. The molecule has 0 saturated heterocycles. The Morgan fingerprint density at radius 2 is 1.75 bits per heavy atom. The summed E-state index contributed by atoms with van der Waals surface area (Å²) in [6.45, 7) is 3.58. The number of rotatable bonds is 7. The molecule has 0 radical (unpaired) electrons. The van der Waals surface area contributed by atoms with E-state index in [0.29, 0.717) is 18.4 Å². The number of nitrogens with one attached hydrogen (secondary N) is 2. The second-order valence-electron chi connectivity index (χ2n) is 4.06. The van der Waals surface area contributed by atoms with Crippen LogP contribution in [0.3, 0.4) is 0 Å². The Morgan fingerprint density at radius 3 is 2.35 bits per heavy atom. The van der Waals surface area contributed by atoms with E-state index < -0.39 is 0 Å². The second-order valence-corrected chi connectivity index (χ2v) is 6.20. The molecule has 0 amide bonds. The Bertz CT molecular complexity index is 561. The molecule has 2 aromatic heterocycles. The van der Waals surface area contributed by atoms with Crippen LogP contribution in [0.1, 0.15) is 18.2 Å². The molecule has 0 unspecified atom stereocenters. The Labute approximate surface area is 131 Å². The first-order chi connectivity index (χ1) is 9.67. The smallest absolute Gasteiger partial charge is 0.228 e. The van der Waals surface area contributed by atoms with Gasteiger partial charge in [-0.1, -0.05) is 18.5 Å². The zero-order valence-electron chi connectivity index (χ0n) is 11.0. The average Bonchev–Trinajstić information content (AvgIpc) is 2.81. The first-order valence-electron chi connectivity index (χ1n) is 6.31. The van der Waals surface area contributed by atoms with Gasteiger partial charge in [-0.05, 0) is 36.6 Å². The monoisotopic (exact) mass is 331 g/mol. The summed E-state index contributed by atoms with van der Waals surface area (Å²) in [4.78, 5) is 13.5. The molecule has 0 aliphatic carbocycles. The highest BCUT2D eigenvalue weighted by Crippen LogP contribution is 2.21. The van der Waals surface area contributed by atoms with E-state index in [2.05, 4.69) is 32.5 Å². The lowest BCUT2D eigenvalue weighted by Gasteiger charge is -2.07. The highest BCUT2D eigenvalue weighted by molar-refractivity contribution is 7.16. The lowest BCUT2D eigenvalue weighted by atomic mass is 10.3. The Hall–Kier alpha value is -1.11. The minimum absolute atomic E-state index is 0.181. The van der Waals surface area contributed by atoms with Crippen molar-refractivity contribution in [1.82, 2.24) is 15.0 Å². The van der Waals surface area contributed by atoms with Crippen LogP contribution in [-0.4, -0.2) is 28.0 Å². The fourth-order valence-electron chi connectivity index (χ4n) is 1.53. The predicted octanol–water partition coefficient (Wildman–Crippen LogP) is 3.72.